The zero-order chi connectivity index (χ0) is 22.6. The van der Waals surface area contributed by atoms with Gasteiger partial charge in [0.05, 0.1) is 35.5 Å². The first-order valence-electron chi connectivity index (χ1n) is 10.7. The second-order valence-electron chi connectivity index (χ2n) is 8.40. The van der Waals surface area contributed by atoms with Crippen molar-refractivity contribution in [1.82, 2.24) is 0 Å². The smallest absolute Gasteiger partial charge is 0.161 e. The standard InChI is InChI=1S/C27H28O5/c1-14-7-20-25(23(8-14)31-5)18-9-15-10-21(29-3)22(30-4)13-17(15)26(20)27-19(18)11-16(28-2)12-24(27)32-6/h7-8,10-13,18,26H,9H2,1-6H3. The van der Waals surface area contributed by atoms with Gasteiger partial charge in [-0.25, -0.2) is 0 Å². The molecule has 3 aliphatic rings. The molecule has 0 fully saturated rings. The molecule has 0 heterocycles. The Morgan fingerprint density at radius 1 is 0.594 bits per heavy atom. The number of methoxy groups -OCH3 is 5. The molecule has 166 valence electrons. The van der Waals surface area contributed by atoms with Gasteiger partial charge in [0.15, 0.2) is 11.5 Å². The highest BCUT2D eigenvalue weighted by Gasteiger charge is 2.42. The fraction of sp³-hybridized carbons (Fsp3) is 0.333. The maximum atomic E-state index is 5.91. The van der Waals surface area contributed by atoms with Gasteiger partial charge < -0.3 is 23.7 Å². The van der Waals surface area contributed by atoms with Gasteiger partial charge in [-0.1, -0.05) is 6.07 Å². The quantitative estimate of drug-likeness (QED) is 0.553. The van der Waals surface area contributed by atoms with Crippen molar-refractivity contribution in [2.45, 2.75) is 25.2 Å². The van der Waals surface area contributed by atoms with Crippen LogP contribution in [0, 0.1) is 6.92 Å². The number of rotatable bonds is 5. The molecule has 2 unspecified atom stereocenters. The molecule has 2 atom stereocenters. The van der Waals surface area contributed by atoms with Crippen LogP contribution in [0.1, 0.15) is 50.8 Å². The van der Waals surface area contributed by atoms with Gasteiger partial charge in [0.2, 0.25) is 0 Å². The molecule has 2 bridgehead atoms. The largest absolute Gasteiger partial charge is 0.497 e. The topological polar surface area (TPSA) is 46.2 Å². The van der Waals surface area contributed by atoms with E-state index in [-0.39, 0.29) is 11.8 Å². The highest BCUT2D eigenvalue weighted by atomic mass is 16.5. The zero-order valence-electron chi connectivity index (χ0n) is 19.4. The molecule has 5 nitrogen and oxygen atoms in total. The highest BCUT2D eigenvalue weighted by Crippen LogP contribution is 2.58. The number of hydrogen-bond acceptors (Lipinski definition) is 5. The van der Waals surface area contributed by atoms with Gasteiger partial charge in [-0.3, -0.25) is 0 Å². The van der Waals surface area contributed by atoms with Crippen LogP contribution >= 0.6 is 0 Å². The van der Waals surface area contributed by atoms with Crippen LogP contribution < -0.4 is 23.7 Å². The van der Waals surface area contributed by atoms with Crippen molar-refractivity contribution in [2.75, 3.05) is 35.5 Å². The van der Waals surface area contributed by atoms with Gasteiger partial charge in [-0.15, -0.1) is 0 Å². The lowest BCUT2D eigenvalue weighted by Crippen LogP contribution is -2.19. The first-order chi connectivity index (χ1) is 15.5. The average Bonchev–Trinajstić information content (AvgIpc) is 3.04. The summed E-state index contributed by atoms with van der Waals surface area (Å²) < 4.78 is 28.8. The Kier molecular flexibility index (Phi) is 4.92. The molecule has 0 saturated carbocycles. The Morgan fingerprint density at radius 3 is 1.91 bits per heavy atom. The second kappa shape index (κ2) is 7.66. The van der Waals surface area contributed by atoms with E-state index in [0.29, 0.717) is 0 Å². The van der Waals surface area contributed by atoms with E-state index < -0.39 is 0 Å². The van der Waals surface area contributed by atoms with Gasteiger partial charge in [0.1, 0.15) is 17.2 Å². The maximum Gasteiger partial charge on any atom is 0.161 e. The van der Waals surface area contributed by atoms with Crippen molar-refractivity contribution in [3.8, 4) is 28.7 Å². The summed E-state index contributed by atoms with van der Waals surface area (Å²) in [4.78, 5) is 0. The molecule has 0 N–H and O–H groups in total. The minimum atomic E-state index is -0.0109. The fourth-order valence-corrected chi connectivity index (χ4v) is 5.53. The summed E-state index contributed by atoms with van der Waals surface area (Å²) in [6.07, 6.45) is 0.821. The number of hydrogen-bond donors (Lipinski definition) is 0. The van der Waals surface area contributed by atoms with Crippen LogP contribution in [-0.4, -0.2) is 35.5 Å². The first kappa shape index (κ1) is 20.6. The van der Waals surface area contributed by atoms with E-state index in [2.05, 4.69) is 37.3 Å². The normalized spacial score (nSPS) is 17.6. The van der Waals surface area contributed by atoms with E-state index in [9.17, 15) is 0 Å². The average molecular weight is 433 g/mol. The van der Waals surface area contributed by atoms with Crippen molar-refractivity contribution >= 4 is 0 Å². The molecule has 0 radical (unpaired) electrons. The molecule has 3 aliphatic carbocycles. The van der Waals surface area contributed by atoms with Gasteiger partial charge >= 0.3 is 0 Å². The number of benzene rings is 3. The van der Waals surface area contributed by atoms with Crippen LogP contribution in [0.5, 0.6) is 28.7 Å². The van der Waals surface area contributed by atoms with Crippen molar-refractivity contribution in [1.29, 1.82) is 0 Å². The lowest BCUT2D eigenvalue weighted by atomic mass is 9.71. The Hall–Kier alpha value is -3.34. The summed E-state index contributed by atoms with van der Waals surface area (Å²) in [6, 6.07) is 12.8. The predicted molar refractivity (Wildman–Crippen MR) is 123 cm³/mol. The lowest BCUT2D eigenvalue weighted by molar-refractivity contribution is 0.354. The predicted octanol–water partition coefficient (Wildman–Crippen LogP) is 5.22. The van der Waals surface area contributed by atoms with Gasteiger partial charge in [0.25, 0.3) is 0 Å². The van der Waals surface area contributed by atoms with Crippen LogP contribution in [0.15, 0.2) is 36.4 Å². The highest BCUT2D eigenvalue weighted by molar-refractivity contribution is 5.70. The molecular weight excluding hydrogens is 404 g/mol. The molecule has 0 saturated heterocycles. The summed E-state index contributed by atoms with van der Waals surface area (Å²) in [6.45, 7) is 2.11. The molecule has 0 amide bonds. The van der Waals surface area contributed by atoms with Crippen LogP contribution in [0.2, 0.25) is 0 Å². The Bertz CT molecular complexity index is 1210. The van der Waals surface area contributed by atoms with Crippen LogP contribution in [0.4, 0.5) is 0 Å². The molecule has 0 aromatic heterocycles. The molecule has 3 aromatic rings. The van der Waals surface area contributed by atoms with E-state index in [1.54, 1.807) is 35.5 Å². The second-order valence-corrected chi connectivity index (χ2v) is 8.40. The zero-order valence-corrected chi connectivity index (χ0v) is 19.4. The van der Waals surface area contributed by atoms with Crippen molar-refractivity contribution in [2.24, 2.45) is 0 Å². The molecule has 32 heavy (non-hydrogen) atoms. The Morgan fingerprint density at radius 2 is 1.25 bits per heavy atom. The Labute approximate surface area is 188 Å². The van der Waals surface area contributed by atoms with Crippen LogP contribution in [0.25, 0.3) is 0 Å². The van der Waals surface area contributed by atoms with Crippen LogP contribution in [0.3, 0.4) is 0 Å². The van der Waals surface area contributed by atoms with E-state index in [1.165, 1.54) is 38.9 Å². The third-order valence-corrected chi connectivity index (χ3v) is 6.85. The Balaban J connectivity index is 1.90. The summed E-state index contributed by atoms with van der Waals surface area (Å²) in [5.41, 5.74) is 8.52. The molecule has 3 aromatic carbocycles. The van der Waals surface area contributed by atoms with E-state index >= 15 is 0 Å². The minimum Gasteiger partial charge on any atom is -0.497 e. The van der Waals surface area contributed by atoms with Crippen LogP contribution in [-0.2, 0) is 6.42 Å². The van der Waals surface area contributed by atoms with Crippen molar-refractivity contribution < 1.29 is 23.7 Å². The third-order valence-electron chi connectivity index (χ3n) is 6.85. The fourth-order valence-electron chi connectivity index (χ4n) is 5.53. The summed E-state index contributed by atoms with van der Waals surface area (Å²) in [5, 5.41) is 0. The van der Waals surface area contributed by atoms with Gasteiger partial charge in [0, 0.05) is 29.0 Å². The monoisotopic (exact) mass is 432 g/mol. The number of aryl methyl sites for hydroxylation is 1. The third kappa shape index (κ3) is 2.84. The lowest BCUT2D eigenvalue weighted by Gasteiger charge is -2.34. The first-order valence-corrected chi connectivity index (χ1v) is 10.7. The molecule has 5 heteroatoms. The molecular formula is C27H28O5. The SMILES string of the molecule is COc1cc(OC)c2c(c1)C1Cc3cc(OC)c(OC)cc3C2c2cc(C)cc(OC)c21. The number of ether oxygens (including phenoxy) is 5. The van der Waals surface area contributed by atoms with E-state index in [4.69, 9.17) is 23.7 Å². The van der Waals surface area contributed by atoms with Gasteiger partial charge in [-0.05, 0) is 65.4 Å². The molecule has 0 spiro atoms. The summed E-state index contributed by atoms with van der Waals surface area (Å²) in [7, 11) is 8.53. The molecule has 6 rings (SSSR count). The summed E-state index contributed by atoms with van der Waals surface area (Å²) in [5.74, 6) is 4.12. The van der Waals surface area contributed by atoms with Crippen molar-refractivity contribution in [3.63, 3.8) is 0 Å². The van der Waals surface area contributed by atoms with Crippen molar-refractivity contribution in [3.05, 3.63) is 75.3 Å². The van der Waals surface area contributed by atoms with Gasteiger partial charge in [-0.2, -0.15) is 0 Å². The van der Waals surface area contributed by atoms with E-state index in [0.717, 1.165) is 35.2 Å². The van der Waals surface area contributed by atoms with E-state index in [1.807, 2.05) is 6.07 Å². The minimum absolute atomic E-state index is 0.0109. The molecule has 0 aliphatic heterocycles. The maximum absolute atomic E-state index is 5.91. The summed E-state index contributed by atoms with van der Waals surface area (Å²) >= 11 is 0.